The number of hydrogen-bond acceptors (Lipinski definition) is 6. The quantitative estimate of drug-likeness (QED) is 0.325. The second kappa shape index (κ2) is 4.30. The van der Waals surface area contributed by atoms with Gasteiger partial charge in [0.2, 0.25) is 0 Å². The lowest BCUT2D eigenvalue weighted by molar-refractivity contribution is -0.389. The van der Waals surface area contributed by atoms with Gasteiger partial charge in [-0.25, -0.2) is 0 Å². The van der Waals surface area contributed by atoms with Crippen LogP contribution in [-0.2, 0) is 16.0 Å². The summed E-state index contributed by atoms with van der Waals surface area (Å²) in [6.07, 6.45) is 1.36. The minimum atomic E-state index is -0.560. The van der Waals surface area contributed by atoms with E-state index >= 15 is 0 Å². The van der Waals surface area contributed by atoms with Gasteiger partial charge in [-0.1, -0.05) is 0 Å². The van der Waals surface area contributed by atoms with Crippen molar-refractivity contribution >= 4 is 5.82 Å². The van der Waals surface area contributed by atoms with Crippen LogP contribution in [0.1, 0.15) is 6.92 Å². The van der Waals surface area contributed by atoms with Crippen LogP contribution in [0, 0.1) is 10.1 Å². The van der Waals surface area contributed by atoms with E-state index in [1.807, 2.05) is 6.92 Å². The zero-order valence-corrected chi connectivity index (χ0v) is 9.58. The van der Waals surface area contributed by atoms with Gasteiger partial charge in [-0.15, -0.1) is 0 Å². The molecular weight excluding hydrogens is 230 g/mol. The fraction of sp³-hybridized carbons (Fsp3) is 0.667. The number of rotatable bonds is 5. The molecule has 1 aliphatic heterocycles. The summed E-state index contributed by atoms with van der Waals surface area (Å²) in [5.41, 5.74) is -0.560. The van der Waals surface area contributed by atoms with E-state index < -0.39 is 10.5 Å². The van der Waals surface area contributed by atoms with Crippen molar-refractivity contribution in [2.24, 2.45) is 0 Å². The summed E-state index contributed by atoms with van der Waals surface area (Å²) in [6, 6.07) is 0.250. The summed E-state index contributed by atoms with van der Waals surface area (Å²) in [5, 5.41) is 10.5. The molecule has 0 radical (unpaired) electrons. The minimum Gasteiger partial charge on any atom is -0.435 e. The van der Waals surface area contributed by atoms with Gasteiger partial charge in [-0.3, -0.25) is 4.57 Å². The lowest BCUT2D eigenvalue weighted by atomic mass is 10.1. The number of ether oxygens (including phenoxy) is 3. The Bertz CT molecular complexity index is 407. The Labute approximate surface area is 97.2 Å². The van der Waals surface area contributed by atoms with E-state index in [2.05, 4.69) is 4.98 Å². The van der Waals surface area contributed by atoms with Gasteiger partial charge >= 0.3 is 11.8 Å². The molecule has 1 unspecified atom stereocenters. The van der Waals surface area contributed by atoms with Crippen molar-refractivity contribution in [1.82, 2.24) is 9.55 Å². The number of hydrogen-bond donors (Lipinski definition) is 0. The molecule has 2 heterocycles. The Morgan fingerprint density at radius 1 is 1.76 bits per heavy atom. The highest BCUT2D eigenvalue weighted by Gasteiger charge is 2.40. The second-order valence-corrected chi connectivity index (χ2v) is 4.07. The lowest BCUT2D eigenvalue weighted by Gasteiger charge is -2.21. The van der Waals surface area contributed by atoms with Crippen LogP contribution in [0.15, 0.2) is 6.20 Å². The normalized spacial score (nSPS) is 22.2. The zero-order valence-electron chi connectivity index (χ0n) is 9.58. The predicted octanol–water partition coefficient (Wildman–Crippen LogP) is 0.563. The molecular formula is C9H13N3O5. The van der Waals surface area contributed by atoms with Crippen molar-refractivity contribution in [1.29, 1.82) is 0 Å². The molecule has 1 atom stereocenters. The fourth-order valence-corrected chi connectivity index (χ4v) is 1.70. The summed E-state index contributed by atoms with van der Waals surface area (Å²) < 4.78 is 17.1. The third kappa shape index (κ3) is 2.37. The maximum absolute atomic E-state index is 10.5. The Hall–Kier alpha value is -1.67. The largest absolute Gasteiger partial charge is 0.435 e. The van der Waals surface area contributed by atoms with Gasteiger partial charge in [0.1, 0.15) is 13.0 Å². The van der Waals surface area contributed by atoms with Gasteiger partial charge in [0.05, 0.1) is 13.2 Å². The third-order valence-corrected chi connectivity index (χ3v) is 2.37. The van der Waals surface area contributed by atoms with Crippen molar-refractivity contribution in [3.63, 3.8) is 0 Å². The molecule has 0 saturated heterocycles. The van der Waals surface area contributed by atoms with Crippen molar-refractivity contribution < 1.29 is 19.1 Å². The molecule has 0 N–H and O–H groups in total. The van der Waals surface area contributed by atoms with Gasteiger partial charge < -0.3 is 24.3 Å². The van der Waals surface area contributed by atoms with Crippen molar-refractivity contribution in [2.75, 3.05) is 20.5 Å². The predicted molar refractivity (Wildman–Crippen MR) is 55.7 cm³/mol. The van der Waals surface area contributed by atoms with E-state index in [4.69, 9.17) is 14.2 Å². The Kier molecular flexibility index (Phi) is 2.99. The smallest absolute Gasteiger partial charge is 0.415 e. The first-order valence-electron chi connectivity index (χ1n) is 5.01. The van der Waals surface area contributed by atoms with E-state index in [9.17, 15) is 10.1 Å². The van der Waals surface area contributed by atoms with Crippen LogP contribution in [0.4, 0.5) is 5.82 Å². The van der Waals surface area contributed by atoms with Crippen LogP contribution in [0.3, 0.4) is 0 Å². The van der Waals surface area contributed by atoms with Crippen LogP contribution >= 0.6 is 0 Å². The van der Waals surface area contributed by atoms with Crippen molar-refractivity contribution in [3.8, 4) is 6.01 Å². The number of fused-ring (bicyclic) bond motifs is 1. The number of nitrogens with zero attached hydrogens (tertiary/aromatic N) is 3. The molecule has 0 fully saturated rings. The van der Waals surface area contributed by atoms with Gasteiger partial charge in [-0.2, -0.15) is 0 Å². The molecule has 0 aliphatic carbocycles. The lowest BCUT2D eigenvalue weighted by Crippen LogP contribution is -2.37. The van der Waals surface area contributed by atoms with Crippen LogP contribution in [-0.4, -0.2) is 40.6 Å². The molecule has 1 aromatic rings. The maximum Gasteiger partial charge on any atom is 0.415 e. The van der Waals surface area contributed by atoms with Gasteiger partial charge in [0.25, 0.3) is 0 Å². The topological polar surface area (TPSA) is 88.7 Å². The average Bonchev–Trinajstić information content (AvgIpc) is 2.73. The molecule has 8 nitrogen and oxygen atoms in total. The van der Waals surface area contributed by atoms with Crippen molar-refractivity contribution in [3.05, 3.63) is 16.3 Å². The number of imidazole rings is 1. The highest BCUT2D eigenvalue weighted by Crippen LogP contribution is 2.30. The van der Waals surface area contributed by atoms with E-state index in [-0.39, 0.29) is 18.6 Å². The molecule has 2 rings (SSSR count). The highest BCUT2D eigenvalue weighted by atomic mass is 16.7. The summed E-state index contributed by atoms with van der Waals surface area (Å²) in [6.45, 7) is 2.83. The highest BCUT2D eigenvalue weighted by molar-refractivity contribution is 5.23. The Balaban J connectivity index is 2.01. The van der Waals surface area contributed by atoms with Crippen LogP contribution in [0.5, 0.6) is 6.01 Å². The number of aromatic nitrogens is 2. The first kappa shape index (κ1) is 11.8. The van der Waals surface area contributed by atoms with Crippen LogP contribution < -0.4 is 4.74 Å². The molecule has 1 aromatic heterocycles. The maximum atomic E-state index is 10.5. The van der Waals surface area contributed by atoms with E-state index in [1.165, 1.54) is 13.3 Å². The van der Waals surface area contributed by atoms with Crippen molar-refractivity contribution in [2.45, 2.75) is 19.1 Å². The molecule has 0 bridgehead atoms. The number of nitro groups is 1. The summed E-state index contributed by atoms with van der Waals surface area (Å²) in [5.74, 6) is -0.208. The SMILES string of the molecule is COCOCC1(C)Cn2cc([N+](=O)[O-])nc2O1. The average molecular weight is 243 g/mol. The molecule has 0 spiro atoms. The van der Waals surface area contributed by atoms with E-state index in [1.54, 1.807) is 4.57 Å². The molecule has 0 saturated carbocycles. The monoisotopic (exact) mass is 243 g/mol. The molecule has 94 valence electrons. The Morgan fingerprint density at radius 2 is 2.53 bits per heavy atom. The third-order valence-electron chi connectivity index (χ3n) is 2.37. The van der Waals surface area contributed by atoms with E-state index in [0.29, 0.717) is 13.2 Å². The minimum absolute atomic E-state index is 0.182. The molecule has 0 amide bonds. The van der Waals surface area contributed by atoms with Gasteiger partial charge in [-0.05, 0) is 11.8 Å². The number of methoxy groups -OCH3 is 1. The van der Waals surface area contributed by atoms with Gasteiger partial charge in [0, 0.05) is 12.1 Å². The molecule has 17 heavy (non-hydrogen) atoms. The first-order valence-corrected chi connectivity index (χ1v) is 5.01. The molecule has 0 aromatic carbocycles. The summed E-state index contributed by atoms with van der Waals surface area (Å²) >= 11 is 0. The zero-order chi connectivity index (χ0) is 12.5. The second-order valence-electron chi connectivity index (χ2n) is 4.07. The summed E-state index contributed by atoms with van der Waals surface area (Å²) in [7, 11) is 1.53. The Morgan fingerprint density at radius 3 is 3.12 bits per heavy atom. The fourth-order valence-electron chi connectivity index (χ4n) is 1.70. The standard InChI is InChI=1S/C9H13N3O5/c1-9(5-16-6-15-2)4-11-3-7(12(13)14)10-8(11)17-9/h3H,4-6H2,1-2H3. The van der Waals surface area contributed by atoms with E-state index in [0.717, 1.165) is 0 Å². The van der Waals surface area contributed by atoms with Crippen LogP contribution in [0.2, 0.25) is 0 Å². The van der Waals surface area contributed by atoms with Gasteiger partial charge in [0.15, 0.2) is 5.60 Å². The molecule has 8 heteroatoms. The first-order chi connectivity index (χ1) is 8.04. The molecule has 1 aliphatic rings. The van der Waals surface area contributed by atoms with Crippen LogP contribution in [0.25, 0.3) is 0 Å². The summed E-state index contributed by atoms with van der Waals surface area (Å²) in [4.78, 5) is 13.7.